The number of halogens is 2. The quantitative estimate of drug-likeness (QED) is 0.137. The van der Waals surface area contributed by atoms with Crippen LogP contribution in [-0.4, -0.2) is 59.1 Å². The van der Waals surface area contributed by atoms with Crippen molar-refractivity contribution in [2.75, 3.05) is 42.6 Å². The van der Waals surface area contributed by atoms with Gasteiger partial charge in [-0.15, -0.1) is 0 Å². The number of rotatable bonds is 11. The zero-order chi connectivity index (χ0) is 28.8. The Kier molecular flexibility index (Phi) is 8.34. The van der Waals surface area contributed by atoms with Gasteiger partial charge in [0.2, 0.25) is 17.7 Å². The normalized spacial score (nSPS) is 16.0. The van der Waals surface area contributed by atoms with Crippen molar-refractivity contribution in [1.29, 1.82) is 0 Å². The number of likely N-dealkylation sites (tertiary alicyclic amines) is 1. The molecule has 4 N–H and O–H groups in total. The Hall–Kier alpha value is -4.65. The highest BCUT2D eigenvalue weighted by atomic mass is 19.1. The lowest BCUT2D eigenvalue weighted by Crippen LogP contribution is -2.35. The van der Waals surface area contributed by atoms with E-state index >= 15 is 0 Å². The lowest BCUT2D eigenvalue weighted by atomic mass is 10.0. The zero-order valence-corrected chi connectivity index (χ0v) is 22.1. The fourth-order valence-corrected chi connectivity index (χ4v) is 4.40. The van der Waals surface area contributed by atoms with E-state index in [0.29, 0.717) is 25.1 Å². The summed E-state index contributed by atoms with van der Waals surface area (Å²) in [6, 6.07) is 9.04. The minimum Gasteiger partial charge on any atom is -0.435 e. The lowest BCUT2D eigenvalue weighted by Gasteiger charge is -2.16. The Morgan fingerprint density at radius 1 is 1.02 bits per heavy atom. The number of benzene rings is 2. The Morgan fingerprint density at radius 3 is 2.39 bits per heavy atom. The molecule has 1 aliphatic carbocycles. The molecular weight excluding hydrogens is 536 g/mol. The summed E-state index contributed by atoms with van der Waals surface area (Å²) in [7, 11) is 0. The first kappa shape index (κ1) is 27.9. The topological polar surface area (TPSA) is 144 Å². The molecule has 0 spiro atoms. The molecule has 2 fully saturated rings. The molecule has 1 saturated carbocycles. The Bertz CT molecular complexity index is 1440. The second kappa shape index (κ2) is 12.3. The summed E-state index contributed by atoms with van der Waals surface area (Å²) in [5, 5.41) is 9.14. The molecule has 5 rings (SSSR count). The van der Waals surface area contributed by atoms with Crippen LogP contribution in [0.2, 0.25) is 0 Å². The Morgan fingerprint density at radius 2 is 1.71 bits per heavy atom. The maximum Gasteiger partial charge on any atom is 0.240 e. The van der Waals surface area contributed by atoms with Crippen molar-refractivity contribution in [3.8, 4) is 11.6 Å². The van der Waals surface area contributed by atoms with Crippen LogP contribution < -0.4 is 21.1 Å². The average molecular weight is 566 g/mol. The number of nitrogens with two attached hydrogens (primary N) is 1. The summed E-state index contributed by atoms with van der Waals surface area (Å²) >= 11 is 0. The van der Waals surface area contributed by atoms with Crippen molar-refractivity contribution in [1.82, 2.24) is 14.9 Å². The van der Waals surface area contributed by atoms with Crippen molar-refractivity contribution < 1.29 is 27.9 Å². The number of nitrogen functional groups attached to an aromatic ring is 1. The van der Waals surface area contributed by atoms with E-state index in [9.17, 15) is 18.4 Å². The molecular formula is C28H29F2N7O4. The number of anilines is 3. The Balaban J connectivity index is 1.20. The van der Waals surface area contributed by atoms with Crippen molar-refractivity contribution in [2.24, 2.45) is 10.6 Å². The number of ether oxygens (including phenoxy) is 1. The predicted octanol–water partition coefficient (Wildman–Crippen LogP) is 3.93. The maximum absolute atomic E-state index is 15.0. The largest absolute Gasteiger partial charge is 0.435 e. The number of carbonyl (C=O) groups is 2. The van der Waals surface area contributed by atoms with Crippen LogP contribution in [0.25, 0.3) is 0 Å². The molecule has 3 aromatic rings. The van der Waals surface area contributed by atoms with Gasteiger partial charge in [0.05, 0.1) is 6.21 Å². The van der Waals surface area contributed by atoms with Crippen molar-refractivity contribution in [3.05, 3.63) is 66.0 Å². The smallest absolute Gasteiger partial charge is 0.240 e. The zero-order valence-electron chi connectivity index (χ0n) is 22.1. The lowest BCUT2D eigenvalue weighted by molar-refractivity contribution is -0.131. The average Bonchev–Trinajstić information content (AvgIpc) is 3.62. The minimum atomic E-state index is -1.29. The molecule has 1 aliphatic heterocycles. The van der Waals surface area contributed by atoms with Gasteiger partial charge < -0.3 is 25.9 Å². The number of nitrogens with zero attached hydrogens (tertiary/aromatic N) is 4. The van der Waals surface area contributed by atoms with Crippen LogP contribution in [-0.2, 0) is 14.4 Å². The van der Waals surface area contributed by atoms with Gasteiger partial charge in [0.15, 0.2) is 11.6 Å². The Labute approximate surface area is 234 Å². The summed E-state index contributed by atoms with van der Waals surface area (Å²) in [4.78, 5) is 41.3. The molecule has 2 amide bonds. The van der Waals surface area contributed by atoms with Crippen molar-refractivity contribution in [2.45, 2.75) is 25.7 Å². The molecule has 2 aliphatic rings. The van der Waals surface area contributed by atoms with Crippen LogP contribution in [0.15, 0.2) is 53.9 Å². The van der Waals surface area contributed by atoms with Crippen LogP contribution in [0.4, 0.5) is 26.0 Å². The van der Waals surface area contributed by atoms with E-state index in [0.717, 1.165) is 25.7 Å². The molecule has 0 atom stereocenters. The van der Waals surface area contributed by atoms with Crippen molar-refractivity contribution in [3.63, 3.8) is 0 Å². The van der Waals surface area contributed by atoms with E-state index in [2.05, 4.69) is 30.7 Å². The number of aromatic nitrogens is 2. The third kappa shape index (κ3) is 6.74. The standard InChI is InChI=1S/C28H29F2N7O4/c29-18-3-5-19(6-4-18)35-26(38)28(9-10-28)27(39)36-20-7-8-23(22(30)15-20)41-25-21(24(31)32-17-33-25)16-34-40-14-13-37-11-1-2-12-37/h3-8,15-17H,1-2,9-14H2,(H,35,38)(H,36,39)(H2,31,32,33)/b34-16+. The second-order valence-corrected chi connectivity index (χ2v) is 9.84. The van der Waals surface area contributed by atoms with Gasteiger partial charge in [0.25, 0.3) is 0 Å². The number of hydrogen-bond acceptors (Lipinski definition) is 9. The molecule has 214 valence electrons. The second-order valence-electron chi connectivity index (χ2n) is 9.84. The van der Waals surface area contributed by atoms with Gasteiger partial charge in [0, 0.05) is 24.0 Å². The summed E-state index contributed by atoms with van der Waals surface area (Å²) in [5.74, 6) is -2.46. The van der Waals surface area contributed by atoms with E-state index in [1.807, 2.05) is 0 Å². The molecule has 41 heavy (non-hydrogen) atoms. The third-order valence-electron chi connectivity index (χ3n) is 6.95. The SMILES string of the molecule is Nc1ncnc(Oc2ccc(NC(=O)C3(C(=O)Nc4ccc(F)cc4)CC3)cc2F)c1/C=N/OCCN1CCCC1. The maximum atomic E-state index is 15.0. The van der Waals surface area contributed by atoms with E-state index < -0.39 is 28.9 Å². The summed E-state index contributed by atoms with van der Waals surface area (Å²) < 4.78 is 33.8. The first-order valence-corrected chi connectivity index (χ1v) is 13.2. The molecule has 0 unspecified atom stereocenters. The molecule has 2 heterocycles. The summed E-state index contributed by atoms with van der Waals surface area (Å²) in [6.45, 7) is 3.26. The van der Waals surface area contributed by atoms with Crippen LogP contribution in [0.1, 0.15) is 31.2 Å². The highest BCUT2D eigenvalue weighted by molar-refractivity contribution is 6.16. The number of carbonyl (C=O) groups excluding carboxylic acids is 2. The van der Waals surface area contributed by atoms with Crippen LogP contribution >= 0.6 is 0 Å². The summed E-state index contributed by atoms with van der Waals surface area (Å²) in [5.41, 5.74) is 5.39. The van der Waals surface area contributed by atoms with Crippen molar-refractivity contribution >= 4 is 35.2 Å². The van der Waals surface area contributed by atoms with Gasteiger partial charge in [-0.3, -0.25) is 14.5 Å². The molecule has 1 saturated heterocycles. The molecule has 11 nitrogen and oxygen atoms in total. The van der Waals surface area contributed by atoms with Gasteiger partial charge in [-0.2, -0.15) is 0 Å². The van der Waals surface area contributed by atoms with Gasteiger partial charge in [-0.05, 0) is 75.2 Å². The third-order valence-corrected chi connectivity index (χ3v) is 6.95. The highest BCUT2D eigenvalue weighted by Crippen LogP contribution is 2.47. The number of oxime groups is 1. The van der Waals surface area contributed by atoms with Gasteiger partial charge in [0.1, 0.15) is 35.5 Å². The van der Waals surface area contributed by atoms with Crippen LogP contribution in [0, 0.1) is 17.0 Å². The van der Waals surface area contributed by atoms with E-state index in [-0.39, 0.29) is 28.7 Å². The van der Waals surface area contributed by atoms with Gasteiger partial charge >= 0.3 is 0 Å². The molecule has 13 heteroatoms. The predicted molar refractivity (Wildman–Crippen MR) is 147 cm³/mol. The molecule has 0 bridgehead atoms. The first-order valence-electron chi connectivity index (χ1n) is 13.2. The molecule has 0 radical (unpaired) electrons. The minimum absolute atomic E-state index is 0.0329. The first-order chi connectivity index (χ1) is 19.8. The fraction of sp³-hybridized carbons (Fsp3) is 0.321. The fourth-order valence-electron chi connectivity index (χ4n) is 4.40. The highest BCUT2D eigenvalue weighted by Gasteiger charge is 2.56. The van der Waals surface area contributed by atoms with Crippen LogP contribution in [0.3, 0.4) is 0 Å². The van der Waals surface area contributed by atoms with E-state index in [1.165, 1.54) is 61.8 Å². The summed E-state index contributed by atoms with van der Waals surface area (Å²) in [6.07, 6.45) is 5.51. The molecule has 2 aromatic carbocycles. The van der Waals surface area contributed by atoms with Crippen LogP contribution in [0.5, 0.6) is 11.6 Å². The van der Waals surface area contributed by atoms with E-state index in [4.69, 9.17) is 15.3 Å². The van der Waals surface area contributed by atoms with Gasteiger partial charge in [-0.1, -0.05) is 5.16 Å². The molecule has 1 aromatic heterocycles. The number of nitrogens with one attached hydrogen (secondary N) is 2. The van der Waals surface area contributed by atoms with Gasteiger partial charge in [-0.25, -0.2) is 18.7 Å². The van der Waals surface area contributed by atoms with E-state index in [1.54, 1.807) is 0 Å². The number of hydrogen-bond donors (Lipinski definition) is 3. The monoisotopic (exact) mass is 565 g/mol. The number of amides is 2.